The van der Waals surface area contributed by atoms with Crippen LogP contribution in [-0.4, -0.2) is 21.6 Å². The first-order chi connectivity index (χ1) is 13.5. The number of fused-ring (bicyclic) bond motifs is 1. The van der Waals surface area contributed by atoms with Crippen LogP contribution in [0.25, 0.3) is 0 Å². The molecule has 1 aliphatic rings. The number of aryl methyl sites for hydroxylation is 2. The van der Waals surface area contributed by atoms with E-state index in [-0.39, 0.29) is 24.3 Å². The van der Waals surface area contributed by atoms with Crippen molar-refractivity contribution in [3.63, 3.8) is 0 Å². The second-order valence-corrected chi connectivity index (χ2v) is 7.15. The van der Waals surface area contributed by atoms with Crippen LogP contribution in [0.15, 0.2) is 54.6 Å². The van der Waals surface area contributed by atoms with E-state index in [1.165, 1.54) is 0 Å². The molecule has 2 amide bonds. The molecule has 4 rings (SSSR count). The maximum atomic E-state index is 12.7. The predicted molar refractivity (Wildman–Crippen MR) is 107 cm³/mol. The van der Waals surface area contributed by atoms with E-state index in [9.17, 15) is 9.59 Å². The van der Waals surface area contributed by atoms with Crippen LogP contribution < -0.4 is 10.6 Å². The average molecular weight is 374 g/mol. The topological polar surface area (TPSA) is 76.0 Å². The predicted octanol–water partition coefficient (Wildman–Crippen LogP) is 3.36. The average Bonchev–Trinajstić information content (AvgIpc) is 2.99. The Bertz CT molecular complexity index is 1040. The second kappa shape index (κ2) is 7.31. The van der Waals surface area contributed by atoms with Crippen molar-refractivity contribution >= 4 is 17.5 Å². The highest BCUT2D eigenvalue weighted by molar-refractivity contribution is 5.98. The van der Waals surface area contributed by atoms with E-state index in [4.69, 9.17) is 0 Å². The lowest BCUT2D eigenvalue weighted by Gasteiger charge is -2.26. The van der Waals surface area contributed by atoms with E-state index in [1.54, 1.807) is 0 Å². The number of benzene rings is 2. The Labute approximate surface area is 163 Å². The van der Waals surface area contributed by atoms with Crippen molar-refractivity contribution in [3.05, 3.63) is 82.7 Å². The molecule has 6 nitrogen and oxygen atoms in total. The molecular weight excluding hydrogens is 352 g/mol. The van der Waals surface area contributed by atoms with Gasteiger partial charge in [-0.1, -0.05) is 30.3 Å². The van der Waals surface area contributed by atoms with Crippen molar-refractivity contribution in [2.24, 2.45) is 0 Å². The van der Waals surface area contributed by atoms with Crippen LogP contribution in [-0.2, 0) is 11.3 Å². The quantitative estimate of drug-likeness (QED) is 0.735. The largest absolute Gasteiger partial charge is 0.345 e. The van der Waals surface area contributed by atoms with Crippen LogP contribution in [0.3, 0.4) is 0 Å². The van der Waals surface area contributed by atoms with Gasteiger partial charge in [0.15, 0.2) is 0 Å². The minimum absolute atomic E-state index is 0.0933. The van der Waals surface area contributed by atoms with Crippen LogP contribution in [0.4, 0.5) is 5.69 Å². The van der Waals surface area contributed by atoms with E-state index >= 15 is 0 Å². The lowest BCUT2D eigenvalue weighted by Crippen LogP contribution is -2.35. The van der Waals surface area contributed by atoms with Gasteiger partial charge in [0.1, 0.15) is 0 Å². The van der Waals surface area contributed by atoms with Gasteiger partial charge in [-0.15, -0.1) is 0 Å². The summed E-state index contributed by atoms with van der Waals surface area (Å²) >= 11 is 0. The normalized spacial score (nSPS) is 15.6. The number of rotatable bonds is 4. The molecule has 2 heterocycles. The SMILES string of the molecule is Cc1cc(C)n(Cc2ccc(C(=O)N[C@@H]3CC(=O)Nc4ccccc43)cc2)n1. The van der Waals surface area contributed by atoms with Gasteiger partial charge in [-0.25, -0.2) is 0 Å². The summed E-state index contributed by atoms with van der Waals surface area (Å²) in [6.45, 7) is 4.67. The Hall–Kier alpha value is -3.41. The van der Waals surface area contributed by atoms with Crippen molar-refractivity contribution < 1.29 is 9.59 Å². The fourth-order valence-electron chi connectivity index (χ4n) is 3.55. The summed E-state index contributed by atoms with van der Waals surface area (Å²) in [6, 6.07) is 16.8. The summed E-state index contributed by atoms with van der Waals surface area (Å²) in [6.07, 6.45) is 0.235. The Morgan fingerprint density at radius 3 is 2.64 bits per heavy atom. The number of carbonyl (C=O) groups excluding carboxylic acids is 2. The van der Waals surface area contributed by atoms with Crippen LogP contribution in [0.2, 0.25) is 0 Å². The van der Waals surface area contributed by atoms with Crippen LogP contribution in [0.1, 0.15) is 45.3 Å². The Morgan fingerprint density at radius 2 is 1.93 bits per heavy atom. The van der Waals surface area contributed by atoms with E-state index in [0.29, 0.717) is 12.1 Å². The molecule has 6 heteroatoms. The summed E-state index contributed by atoms with van der Waals surface area (Å²) in [5.41, 5.74) is 5.42. The maximum absolute atomic E-state index is 12.7. The number of nitrogens with zero attached hydrogens (tertiary/aromatic N) is 2. The third-order valence-corrected chi connectivity index (χ3v) is 4.96. The Balaban J connectivity index is 1.47. The third-order valence-electron chi connectivity index (χ3n) is 4.96. The molecule has 2 aromatic carbocycles. The monoisotopic (exact) mass is 374 g/mol. The smallest absolute Gasteiger partial charge is 0.251 e. The summed E-state index contributed by atoms with van der Waals surface area (Å²) in [5, 5.41) is 10.3. The zero-order chi connectivity index (χ0) is 19.7. The van der Waals surface area contributed by atoms with Gasteiger partial charge < -0.3 is 10.6 Å². The Morgan fingerprint density at radius 1 is 1.18 bits per heavy atom. The van der Waals surface area contributed by atoms with Crippen molar-refractivity contribution in [2.45, 2.75) is 32.9 Å². The summed E-state index contributed by atoms with van der Waals surface area (Å²) < 4.78 is 1.95. The first-order valence-corrected chi connectivity index (χ1v) is 9.29. The number of carbonyl (C=O) groups is 2. The minimum Gasteiger partial charge on any atom is -0.345 e. The van der Waals surface area contributed by atoms with Crippen molar-refractivity contribution in [2.75, 3.05) is 5.32 Å². The zero-order valence-electron chi connectivity index (χ0n) is 15.9. The standard InChI is InChI=1S/C22H22N4O2/c1-14-11-15(2)26(25-14)13-16-7-9-17(10-8-16)22(28)24-20-12-21(27)23-19-6-4-3-5-18(19)20/h3-11,20H,12-13H2,1-2H3,(H,23,27)(H,24,28)/t20-/m1/s1. The van der Waals surface area contributed by atoms with E-state index in [0.717, 1.165) is 28.2 Å². The van der Waals surface area contributed by atoms with Crippen LogP contribution in [0, 0.1) is 13.8 Å². The molecule has 28 heavy (non-hydrogen) atoms. The number of hydrogen-bond donors (Lipinski definition) is 2. The highest BCUT2D eigenvalue weighted by Crippen LogP contribution is 2.30. The van der Waals surface area contributed by atoms with E-state index in [1.807, 2.05) is 73.1 Å². The minimum atomic E-state index is -0.327. The molecular formula is C22H22N4O2. The van der Waals surface area contributed by atoms with Gasteiger partial charge in [0.05, 0.1) is 24.7 Å². The van der Waals surface area contributed by atoms with Crippen molar-refractivity contribution in [1.29, 1.82) is 0 Å². The summed E-state index contributed by atoms with van der Waals surface area (Å²) in [4.78, 5) is 24.6. The van der Waals surface area contributed by atoms with Gasteiger partial charge in [-0.3, -0.25) is 14.3 Å². The number of hydrogen-bond acceptors (Lipinski definition) is 3. The molecule has 142 valence electrons. The maximum Gasteiger partial charge on any atom is 0.251 e. The first kappa shape index (κ1) is 18.0. The molecule has 1 aliphatic heterocycles. The summed E-state index contributed by atoms with van der Waals surface area (Å²) in [7, 11) is 0. The van der Waals surface area contributed by atoms with Crippen LogP contribution in [0.5, 0.6) is 0 Å². The van der Waals surface area contributed by atoms with Gasteiger partial charge in [0.25, 0.3) is 5.91 Å². The van der Waals surface area contributed by atoms with Gasteiger partial charge in [-0.05, 0) is 49.2 Å². The molecule has 2 N–H and O–H groups in total. The van der Waals surface area contributed by atoms with Gasteiger partial charge in [0, 0.05) is 16.9 Å². The lowest BCUT2D eigenvalue weighted by molar-refractivity contribution is -0.116. The second-order valence-electron chi connectivity index (χ2n) is 7.15. The highest BCUT2D eigenvalue weighted by atomic mass is 16.2. The molecule has 0 unspecified atom stereocenters. The molecule has 1 aromatic heterocycles. The molecule has 0 bridgehead atoms. The molecule has 0 aliphatic carbocycles. The first-order valence-electron chi connectivity index (χ1n) is 9.29. The van der Waals surface area contributed by atoms with E-state index < -0.39 is 0 Å². The molecule has 0 saturated carbocycles. The number of amides is 2. The number of anilines is 1. The summed E-state index contributed by atoms with van der Waals surface area (Å²) in [5.74, 6) is -0.281. The fraction of sp³-hybridized carbons (Fsp3) is 0.227. The van der Waals surface area contributed by atoms with Crippen LogP contribution >= 0.6 is 0 Å². The van der Waals surface area contributed by atoms with Gasteiger partial charge in [0.2, 0.25) is 5.91 Å². The number of nitrogens with one attached hydrogen (secondary N) is 2. The van der Waals surface area contributed by atoms with Gasteiger partial charge in [-0.2, -0.15) is 5.10 Å². The van der Waals surface area contributed by atoms with Gasteiger partial charge >= 0.3 is 0 Å². The highest BCUT2D eigenvalue weighted by Gasteiger charge is 2.26. The number of aromatic nitrogens is 2. The van der Waals surface area contributed by atoms with Crippen molar-refractivity contribution in [1.82, 2.24) is 15.1 Å². The molecule has 0 saturated heterocycles. The lowest BCUT2D eigenvalue weighted by atomic mass is 9.97. The zero-order valence-corrected chi connectivity index (χ0v) is 15.9. The Kier molecular flexibility index (Phi) is 4.69. The molecule has 3 aromatic rings. The molecule has 0 spiro atoms. The van der Waals surface area contributed by atoms with E-state index in [2.05, 4.69) is 15.7 Å². The molecule has 1 atom stereocenters. The number of para-hydroxylation sites is 1. The molecule has 0 radical (unpaired) electrons. The molecule has 0 fully saturated rings. The fourth-order valence-corrected chi connectivity index (χ4v) is 3.55. The third kappa shape index (κ3) is 3.67. The van der Waals surface area contributed by atoms with Crippen molar-refractivity contribution in [3.8, 4) is 0 Å².